The van der Waals surface area contributed by atoms with Crippen molar-refractivity contribution in [3.05, 3.63) is 58.6 Å². The van der Waals surface area contributed by atoms with E-state index >= 15 is 0 Å². The molecule has 3 nitrogen and oxygen atoms in total. The van der Waals surface area contributed by atoms with Crippen LogP contribution in [-0.4, -0.2) is 19.1 Å². The summed E-state index contributed by atoms with van der Waals surface area (Å²) in [6, 6.07) is 11.5. The molecule has 0 aliphatic carbocycles. The Hall–Kier alpha value is -2.21. The number of alkyl halides is 3. The highest BCUT2D eigenvalue weighted by atomic mass is 35.5. The summed E-state index contributed by atoms with van der Waals surface area (Å²) < 4.78 is 46.3. The number of hydrogen-bond donors (Lipinski definition) is 0. The highest BCUT2D eigenvalue weighted by Crippen LogP contribution is 2.31. The van der Waals surface area contributed by atoms with E-state index < -0.39 is 12.1 Å². The van der Waals surface area contributed by atoms with Crippen LogP contribution in [0.25, 0.3) is 0 Å². The number of rotatable bonds is 11. The van der Waals surface area contributed by atoms with Gasteiger partial charge >= 0.3 is 6.36 Å². The molecule has 0 atom stereocenters. The summed E-state index contributed by atoms with van der Waals surface area (Å²) >= 11 is 5.84. The molecular weight excluding hydrogens is 403 g/mol. The summed E-state index contributed by atoms with van der Waals surface area (Å²) in [6.45, 7) is 3.21. The SMILES string of the molecule is CCCCCCCN=Cc1ccc(OCc2ccc(OC(F)(F)F)c(Cl)c2)cc1. The maximum atomic E-state index is 12.3. The highest BCUT2D eigenvalue weighted by Gasteiger charge is 2.32. The lowest BCUT2D eigenvalue weighted by Gasteiger charge is -2.12. The molecule has 0 amide bonds. The number of ether oxygens (including phenoxy) is 2. The molecule has 0 unspecified atom stereocenters. The fraction of sp³-hybridized carbons (Fsp3) is 0.409. The van der Waals surface area contributed by atoms with Crippen LogP contribution < -0.4 is 9.47 Å². The summed E-state index contributed by atoms with van der Waals surface area (Å²) in [4.78, 5) is 4.43. The Kier molecular flexibility index (Phi) is 9.32. The molecule has 158 valence electrons. The lowest BCUT2D eigenvalue weighted by atomic mass is 10.1. The van der Waals surface area contributed by atoms with E-state index in [1.807, 2.05) is 30.5 Å². The first-order chi connectivity index (χ1) is 13.9. The summed E-state index contributed by atoms with van der Waals surface area (Å²) in [7, 11) is 0. The van der Waals surface area contributed by atoms with Crippen LogP contribution in [-0.2, 0) is 6.61 Å². The first-order valence-corrected chi connectivity index (χ1v) is 10.0. The number of halogens is 4. The molecule has 2 rings (SSSR count). The van der Waals surface area contributed by atoms with Crippen LogP contribution in [0.15, 0.2) is 47.5 Å². The molecular formula is C22H25ClF3NO2. The van der Waals surface area contributed by atoms with Crippen molar-refractivity contribution in [1.82, 2.24) is 0 Å². The first kappa shape index (κ1) is 23.1. The minimum Gasteiger partial charge on any atom is -0.489 e. The minimum absolute atomic E-state index is 0.121. The predicted molar refractivity (Wildman–Crippen MR) is 110 cm³/mol. The standard InChI is InChI=1S/C22H25ClF3NO2/c1-2-3-4-5-6-13-27-15-17-7-10-19(11-8-17)28-16-18-9-12-21(20(23)14-18)29-22(24,25)26/h7-12,14-15H,2-6,13,16H2,1H3. The van der Waals surface area contributed by atoms with Gasteiger partial charge in [0.1, 0.15) is 18.1 Å². The van der Waals surface area contributed by atoms with Crippen LogP contribution in [0.2, 0.25) is 5.02 Å². The smallest absolute Gasteiger partial charge is 0.489 e. The molecule has 7 heteroatoms. The molecule has 0 heterocycles. The molecule has 0 bridgehead atoms. The molecule has 0 N–H and O–H groups in total. The van der Waals surface area contributed by atoms with Gasteiger partial charge in [-0.1, -0.05) is 50.3 Å². The van der Waals surface area contributed by atoms with Gasteiger partial charge in [-0.05, 0) is 53.9 Å². The Bertz CT molecular complexity index is 777. The minimum atomic E-state index is -4.78. The third-order valence-electron chi connectivity index (χ3n) is 4.14. The van der Waals surface area contributed by atoms with E-state index in [0.717, 1.165) is 18.5 Å². The topological polar surface area (TPSA) is 30.8 Å². The third kappa shape index (κ3) is 9.22. The van der Waals surface area contributed by atoms with Gasteiger partial charge in [0.2, 0.25) is 0 Å². The Morgan fingerprint density at radius 1 is 1.00 bits per heavy atom. The fourth-order valence-electron chi connectivity index (χ4n) is 2.63. The van der Waals surface area contributed by atoms with Crippen LogP contribution >= 0.6 is 11.6 Å². The van der Waals surface area contributed by atoms with Gasteiger partial charge in [-0.2, -0.15) is 0 Å². The fourth-order valence-corrected chi connectivity index (χ4v) is 2.88. The maximum absolute atomic E-state index is 12.3. The van der Waals surface area contributed by atoms with Crippen molar-refractivity contribution in [1.29, 1.82) is 0 Å². The molecule has 2 aromatic rings. The zero-order valence-corrected chi connectivity index (χ0v) is 17.1. The van der Waals surface area contributed by atoms with Crippen LogP contribution in [0.5, 0.6) is 11.5 Å². The van der Waals surface area contributed by atoms with E-state index in [9.17, 15) is 13.2 Å². The monoisotopic (exact) mass is 427 g/mol. The van der Waals surface area contributed by atoms with Crippen LogP contribution in [0.3, 0.4) is 0 Å². The van der Waals surface area contributed by atoms with Crippen molar-refractivity contribution in [2.45, 2.75) is 52.0 Å². The first-order valence-electron chi connectivity index (χ1n) is 9.64. The van der Waals surface area contributed by atoms with Crippen molar-refractivity contribution in [3.8, 4) is 11.5 Å². The molecule has 0 aliphatic rings. The van der Waals surface area contributed by atoms with E-state index in [-0.39, 0.29) is 11.6 Å². The molecule has 0 aromatic heterocycles. The molecule has 0 spiro atoms. The maximum Gasteiger partial charge on any atom is 0.573 e. The molecule has 0 radical (unpaired) electrons. The van der Waals surface area contributed by atoms with Gasteiger partial charge in [0.15, 0.2) is 0 Å². The largest absolute Gasteiger partial charge is 0.573 e. The Morgan fingerprint density at radius 3 is 2.38 bits per heavy atom. The summed E-state index contributed by atoms with van der Waals surface area (Å²) in [5, 5.41) is -0.121. The second-order valence-electron chi connectivity index (χ2n) is 6.62. The zero-order valence-electron chi connectivity index (χ0n) is 16.3. The molecule has 0 aliphatic heterocycles. The lowest BCUT2D eigenvalue weighted by Crippen LogP contribution is -2.17. The number of aliphatic imine (C=N–C) groups is 1. The summed E-state index contributed by atoms with van der Waals surface area (Å²) in [5.74, 6) is 0.213. The van der Waals surface area contributed by atoms with E-state index in [0.29, 0.717) is 11.3 Å². The highest BCUT2D eigenvalue weighted by molar-refractivity contribution is 6.32. The third-order valence-corrected chi connectivity index (χ3v) is 4.43. The van der Waals surface area contributed by atoms with Crippen molar-refractivity contribution in [2.24, 2.45) is 4.99 Å². The number of unbranched alkanes of at least 4 members (excludes halogenated alkanes) is 4. The van der Waals surface area contributed by atoms with Gasteiger partial charge in [-0.15, -0.1) is 13.2 Å². The number of benzene rings is 2. The molecule has 0 saturated heterocycles. The second-order valence-corrected chi connectivity index (χ2v) is 7.03. The molecule has 29 heavy (non-hydrogen) atoms. The Morgan fingerprint density at radius 2 is 1.72 bits per heavy atom. The molecule has 0 saturated carbocycles. The normalized spacial score (nSPS) is 11.8. The van der Waals surface area contributed by atoms with Crippen molar-refractivity contribution in [3.63, 3.8) is 0 Å². The van der Waals surface area contributed by atoms with Crippen LogP contribution in [0, 0.1) is 0 Å². The average Bonchev–Trinajstić information content (AvgIpc) is 2.67. The van der Waals surface area contributed by atoms with Crippen molar-refractivity contribution >= 4 is 17.8 Å². The molecule has 2 aromatic carbocycles. The Labute approximate surface area is 174 Å². The van der Waals surface area contributed by atoms with Crippen molar-refractivity contribution < 1.29 is 22.6 Å². The average molecular weight is 428 g/mol. The van der Waals surface area contributed by atoms with Crippen LogP contribution in [0.1, 0.15) is 50.2 Å². The van der Waals surface area contributed by atoms with E-state index in [2.05, 4.69) is 16.7 Å². The zero-order chi connectivity index (χ0) is 21.1. The second kappa shape index (κ2) is 11.7. The number of hydrogen-bond acceptors (Lipinski definition) is 3. The van der Waals surface area contributed by atoms with Gasteiger partial charge in [-0.25, -0.2) is 0 Å². The van der Waals surface area contributed by atoms with E-state index in [1.54, 1.807) is 0 Å². The van der Waals surface area contributed by atoms with Gasteiger partial charge in [-0.3, -0.25) is 4.99 Å². The van der Waals surface area contributed by atoms with Crippen LogP contribution in [0.4, 0.5) is 13.2 Å². The van der Waals surface area contributed by atoms with Crippen molar-refractivity contribution in [2.75, 3.05) is 6.54 Å². The Balaban J connectivity index is 1.79. The van der Waals surface area contributed by atoms with Gasteiger partial charge in [0, 0.05) is 12.8 Å². The predicted octanol–water partition coefficient (Wildman–Crippen LogP) is 7.21. The van der Waals surface area contributed by atoms with Gasteiger partial charge in [0.25, 0.3) is 0 Å². The van der Waals surface area contributed by atoms with Gasteiger partial charge in [0.05, 0.1) is 5.02 Å². The number of nitrogens with zero attached hydrogens (tertiary/aromatic N) is 1. The van der Waals surface area contributed by atoms with Gasteiger partial charge < -0.3 is 9.47 Å². The lowest BCUT2D eigenvalue weighted by molar-refractivity contribution is -0.274. The quantitative estimate of drug-likeness (QED) is 0.280. The summed E-state index contributed by atoms with van der Waals surface area (Å²) in [5.41, 5.74) is 1.63. The van der Waals surface area contributed by atoms with E-state index in [1.165, 1.54) is 43.9 Å². The molecule has 0 fully saturated rings. The van der Waals surface area contributed by atoms with E-state index in [4.69, 9.17) is 16.3 Å². The summed E-state index contributed by atoms with van der Waals surface area (Å²) in [6.07, 6.45) is 3.18.